The number of nitrogens with zero attached hydrogens (tertiary/aromatic N) is 2. The lowest BCUT2D eigenvalue weighted by Gasteiger charge is -2.46. The molecule has 1 saturated heterocycles. The molecule has 38 heavy (non-hydrogen) atoms. The van der Waals surface area contributed by atoms with Gasteiger partial charge in [0.1, 0.15) is 17.5 Å². The molecule has 0 bridgehead atoms. The van der Waals surface area contributed by atoms with Crippen molar-refractivity contribution in [2.24, 2.45) is 17.6 Å². The van der Waals surface area contributed by atoms with Gasteiger partial charge in [-0.05, 0) is 44.1 Å². The monoisotopic (exact) mass is 565 g/mol. The minimum atomic E-state index is -1.25. The number of rotatable bonds is 9. The smallest absolute Gasteiger partial charge is 0.431 e. The third-order valence-electron chi connectivity index (χ3n) is 6.89. The van der Waals surface area contributed by atoms with Crippen LogP contribution >= 0.6 is 23.1 Å². The second-order valence-electron chi connectivity index (χ2n) is 9.54. The maximum Gasteiger partial charge on any atom is 0.511 e. The van der Waals surface area contributed by atoms with Crippen LogP contribution in [-0.2, 0) is 23.8 Å². The Balaban J connectivity index is 1.49. The van der Waals surface area contributed by atoms with Gasteiger partial charge in [0.25, 0.3) is 5.91 Å². The van der Waals surface area contributed by atoms with Crippen LogP contribution in [0.3, 0.4) is 0 Å². The van der Waals surface area contributed by atoms with E-state index in [1.807, 2.05) is 6.92 Å². The number of esters is 1. The first-order valence-electron chi connectivity index (χ1n) is 12.5. The Morgan fingerprint density at radius 1 is 1.24 bits per heavy atom. The summed E-state index contributed by atoms with van der Waals surface area (Å²) in [6.45, 7) is 4.80. The topological polar surface area (TPSA) is 158 Å². The molecule has 13 heteroatoms. The number of primary amides is 1. The first-order chi connectivity index (χ1) is 18.1. The molecule has 11 nitrogen and oxygen atoms in total. The molecule has 1 aromatic rings. The predicted octanol–water partition coefficient (Wildman–Crippen LogP) is 3.39. The van der Waals surface area contributed by atoms with E-state index in [9.17, 15) is 24.3 Å². The van der Waals surface area contributed by atoms with Crippen LogP contribution in [0, 0.1) is 11.8 Å². The van der Waals surface area contributed by atoms with Crippen molar-refractivity contribution in [1.29, 1.82) is 0 Å². The number of hydrogen-bond donors (Lipinski definition) is 2. The number of nitrogens with two attached hydrogens (primary N) is 1. The van der Waals surface area contributed by atoms with Crippen molar-refractivity contribution in [2.45, 2.75) is 77.4 Å². The highest BCUT2D eigenvalue weighted by Gasteiger charge is 2.60. The number of thioether (sulfide) groups is 1. The largest absolute Gasteiger partial charge is 0.511 e. The Kier molecular flexibility index (Phi) is 8.78. The highest BCUT2D eigenvalue weighted by molar-refractivity contribution is 8.06. The fourth-order valence-corrected chi connectivity index (χ4v) is 6.88. The highest BCUT2D eigenvalue weighted by atomic mass is 32.2. The van der Waals surface area contributed by atoms with Crippen LogP contribution in [0.15, 0.2) is 21.5 Å². The summed E-state index contributed by atoms with van der Waals surface area (Å²) >= 11 is 2.43. The van der Waals surface area contributed by atoms with Gasteiger partial charge in [0.2, 0.25) is 12.2 Å². The van der Waals surface area contributed by atoms with E-state index in [2.05, 4.69) is 4.98 Å². The molecule has 4 rings (SSSR count). The number of hydrogen-bond acceptors (Lipinski definition) is 11. The number of aliphatic hydroxyl groups is 1. The summed E-state index contributed by atoms with van der Waals surface area (Å²) in [7, 11) is 0. The van der Waals surface area contributed by atoms with Crippen LogP contribution in [0.5, 0.6) is 0 Å². The van der Waals surface area contributed by atoms with E-state index in [4.69, 9.17) is 19.9 Å². The zero-order valence-electron chi connectivity index (χ0n) is 21.3. The van der Waals surface area contributed by atoms with Crippen molar-refractivity contribution >= 4 is 53.1 Å². The molecule has 3 N–H and O–H groups in total. The van der Waals surface area contributed by atoms with Gasteiger partial charge in [0.15, 0.2) is 0 Å². The van der Waals surface area contributed by atoms with E-state index >= 15 is 0 Å². The Morgan fingerprint density at radius 3 is 2.61 bits per heavy atom. The molecule has 3 heterocycles. The van der Waals surface area contributed by atoms with Crippen LogP contribution in [0.25, 0.3) is 6.08 Å². The number of carbonyl (C=O) groups excluding carboxylic acids is 4. The van der Waals surface area contributed by atoms with Gasteiger partial charge >= 0.3 is 12.1 Å². The maximum atomic E-state index is 13.3. The average Bonchev–Trinajstić information content (AvgIpc) is 3.41. The van der Waals surface area contributed by atoms with Crippen molar-refractivity contribution in [3.63, 3.8) is 0 Å². The molecule has 5 atom stereocenters. The number of fused-ring (bicyclic) bond motifs is 1. The summed E-state index contributed by atoms with van der Waals surface area (Å²) in [5.41, 5.74) is 7.03. The third kappa shape index (κ3) is 5.74. The molecule has 2 fully saturated rings. The Bertz CT molecular complexity index is 1160. The van der Waals surface area contributed by atoms with Crippen molar-refractivity contribution in [3.8, 4) is 0 Å². The minimum absolute atomic E-state index is 0.0366. The number of amides is 2. The fraction of sp³-hybridized carbons (Fsp3) is 0.560. The predicted molar refractivity (Wildman–Crippen MR) is 139 cm³/mol. The molecule has 2 amide bonds. The molecule has 0 spiro atoms. The molecule has 1 aromatic heterocycles. The Morgan fingerprint density at radius 2 is 1.95 bits per heavy atom. The molecule has 0 radical (unpaired) electrons. The normalized spacial score (nSPS) is 25.1. The quantitative estimate of drug-likeness (QED) is 0.258. The molecule has 3 aliphatic rings. The summed E-state index contributed by atoms with van der Waals surface area (Å²) in [6.07, 6.45) is 3.00. The second kappa shape index (κ2) is 11.9. The minimum Gasteiger partial charge on any atom is -0.431 e. The number of carbonyl (C=O) groups is 4. The second-order valence-corrected chi connectivity index (χ2v) is 11.4. The molecule has 206 valence electrons. The molecule has 0 aromatic carbocycles. The van der Waals surface area contributed by atoms with Gasteiger partial charge in [0, 0.05) is 17.7 Å². The first-order valence-corrected chi connectivity index (χ1v) is 14.3. The van der Waals surface area contributed by atoms with Crippen molar-refractivity contribution < 1.29 is 38.5 Å². The summed E-state index contributed by atoms with van der Waals surface area (Å²) in [6, 6.07) is -0.418. The standard InChI is InChI=1S/C25H31N3O8S2/c1-12-19-17(13(2)29)23(31)28(19)20(21(12)37-10-9-16-18(22(26)30)27-11-38-16)24(32)34-14(3)35-25(33)36-15-7-5-4-6-8-15/h9-15,17,19,29H,4-8H2,1-3H3,(H2,26,30)/t12-,13-,14?,17-,19-/m1/s1. The van der Waals surface area contributed by atoms with Gasteiger partial charge < -0.3 is 30.0 Å². The number of aromatic nitrogens is 1. The van der Waals surface area contributed by atoms with Crippen molar-refractivity contribution in [2.75, 3.05) is 0 Å². The van der Waals surface area contributed by atoms with Gasteiger partial charge in [-0.25, -0.2) is 14.6 Å². The Hall–Kier alpha value is -2.90. The van der Waals surface area contributed by atoms with Gasteiger partial charge in [-0.15, -0.1) is 11.3 Å². The van der Waals surface area contributed by atoms with E-state index < -0.39 is 42.4 Å². The number of ether oxygens (including phenoxy) is 3. The summed E-state index contributed by atoms with van der Waals surface area (Å²) in [5.74, 6) is -2.81. The van der Waals surface area contributed by atoms with Gasteiger partial charge in [-0.3, -0.25) is 9.59 Å². The molecule has 1 aliphatic carbocycles. The summed E-state index contributed by atoms with van der Waals surface area (Å²) < 4.78 is 15.8. The molecular weight excluding hydrogens is 534 g/mol. The summed E-state index contributed by atoms with van der Waals surface area (Å²) in [5, 5.41) is 11.8. The highest BCUT2D eigenvalue weighted by Crippen LogP contribution is 2.51. The lowest BCUT2D eigenvalue weighted by atomic mass is 9.79. The lowest BCUT2D eigenvalue weighted by Crippen LogP contribution is -2.63. The van der Waals surface area contributed by atoms with Crippen LogP contribution in [0.1, 0.15) is 68.2 Å². The number of aliphatic hydroxyl groups excluding tert-OH is 1. The van der Waals surface area contributed by atoms with Gasteiger partial charge in [-0.1, -0.05) is 25.1 Å². The first kappa shape index (κ1) is 28.1. The van der Waals surface area contributed by atoms with Gasteiger partial charge in [0.05, 0.1) is 28.5 Å². The van der Waals surface area contributed by atoms with Crippen molar-refractivity contribution in [3.05, 3.63) is 32.1 Å². The number of thiazole rings is 1. The third-order valence-corrected chi connectivity index (χ3v) is 8.78. The zero-order valence-corrected chi connectivity index (χ0v) is 23.0. The zero-order chi connectivity index (χ0) is 27.6. The average molecular weight is 566 g/mol. The fourth-order valence-electron chi connectivity index (χ4n) is 5.11. The maximum absolute atomic E-state index is 13.3. The van der Waals surface area contributed by atoms with E-state index in [1.54, 1.807) is 18.4 Å². The van der Waals surface area contributed by atoms with Crippen molar-refractivity contribution in [1.82, 2.24) is 9.88 Å². The SMILES string of the molecule is CC(OC(=O)OC1CCCCC1)OC(=O)C1=C(SC=Cc2scnc2C(N)=O)[C@H](C)[C@@H]2[C@@H]([C@@H](C)O)C(=O)N12. The van der Waals surface area contributed by atoms with Crippen LogP contribution in [0.4, 0.5) is 4.79 Å². The molecule has 1 saturated carbocycles. The Labute approximate surface area is 228 Å². The molecule has 1 unspecified atom stereocenters. The number of β-lactam (4-membered cyclic amide) rings is 1. The van der Waals surface area contributed by atoms with E-state index in [0.717, 1.165) is 32.1 Å². The van der Waals surface area contributed by atoms with Crippen LogP contribution in [0.2, 0.25) is 0 Å². The van der Waals surface area contributed by atoms with Crippen LogP contribution in [-0.4, -0.2) is 63.5 Å². The van der Waals surface area contributed by atoms with Crippen LogP contribution < -0.4 is 5.73 Å². The van der Waals surface area contributed by atoms with E-state index in [-0.39, 0.29) is 29.3 Å². The lowest BCUT2D eigenvalue weighted by molar-refractivity contribution is -0.174. The van der Waals surface area contributed by atoms with E-state index in [1.165, 1.54) is 40.4 Å². The van der Waals surface area contributed by atoms with E-state index in [0.29, 0.717) is 9.78 Å². The summed E-state index contributed by atoms with van der Waals surface area (Å²) in [4.78, 5) is 56.3. The molecular formula is C25H31N3O8S2. The van der Waals surface area contributed by atoms with Gasteiger partial charge in [-0.2, -0.15) is 0 Å². The molecule has 2 aliphatic heterocycles.